The number of aromatic nitrogens is 2. The number of nitrogens with zero attached hydrogens (tertiary/aromatic N) is 2. The van der Waals surface area contributed by atoms with E-state index < -0.39 is 0 Å². The number of hydrogen-bond acceptors (Lipinski definition) is 3. The zero-order valence-corrected chi connectivity index (χ0v) is 11.6. The lowest BCUT2D eigenvalue weighted by atomic mass is 10.2. The summed E-state index contributed by atoms with van der Waals surface area (Å²) in [5.41, 5.74) is 1.38. The zero-order valence-electron chi connectivity index (χ0n) is 10.8. The van der Waals surface area contributed by atoms with Gasteiger partial charge in [-0.3, -0.25) is 4.79 Å². The van der Waals surface area contributed by atoms with Crippen LogP contribution in [0.5, 0.6) is 5.75 Å². The summed E-state index contributed by atoms with van der Waals surface area (Å²) < 4.78 is 7.68. The van der Waals surface area contributed by atoms with Gasteiger partial charge < -0.3 is 9.30 Å². The molecule has 0 saturated carbocycles. The van der Waals surface area contributed by atoms with Crippen LogP contribution in [0.2, 0.25) is 5.02 Å². The van der Waals surface area contributed by atoms with Crippen LogP contribution in [0.15, 0.2) is 30.7 Å². The fourth-order valence-corrected chi connectivity index (χ4v) is 2.06. The lowest BCUT2D eigenvalue weighted by Gasteiger charge is -2.14. The number of halogens is 1. The van der Waals surface area contributed by atoms with E-state index in [0.29, 0.717) is 29.0 Å². The second-order valence-electron chi connectivity index (χ2n) is 4.45. The summed E-state index contributed by atoms with van der Waals surface area (Å²) in [6.45, 7) is 4.46. The third kappa shape index (κ3) is 2.96. The molecule has 0 aliphatic rings. The van der Waals surface area contributed by atoms with Gasteiger partial charge in [0.15, 0.2) is 6.29 Å². The molecule has 0 aliphatic heterocycles. The molecule has 1 aromatic heterocycles. The predicted octanol–water partition coefficient (Wildman–Crippen LogP) is 3.51. The smallest absolute Gasteiger partial charge is 0.153 e. The van der Waals surface area contributed by atoms with Crippen molar-refractivity contribution in [2.24, 2.45) is 0 Å². The molecule has 0 fully saturated rings. The number of ether oxygens (including phenoxy) is 1. The standard InChI is InChI=1S/C14H15ClN2O2/c1-10(2)17-9-16-6-12(17)8-19-14-11(7-18)4-3-5-13(14)15/h3-7,9-10H,8H2,1-2H3. The molecule has 0 aliphatic carbocycles. The van der Waals surface area contributed by atoms with Crippen molar-refractivity contribution in [3.63, 3.8) is 0 Å². The molecule has 5 heteroatoms. The van der Waals surface area contributed by atoms with Crippen LogP contribution in [-0.2, 0) is 6.61 Å². The minimum Gasteiger partial charge on any atom is -0.485 e. The van der Waals surface area contributed by atoms with Gasteiger partial charge in [0.1, 0.15) is 12.4 Å². The molecule has 2 rings (SSSR count). The molecule has 100 valence electrons. The van der Waals surface area contributed by atoms with Crippen LogP contribution in [0.4, 0.5) is 0 Å². The SMILES string of the molecule is CC(C)n1cncc1COc1c(Cl)cccc1C=O. The number of rotatable bonds is 5. The highest BCUT2D eigenvalue weighted by molar-refractivity contribution is 6.32. The molecular weight excluding hydrogens is 264 g/mol. The number of imidazole rings is 1. The van der Waals surface area contributed by atoms with Crippen LogP contribution in [0.3, 0.4) is 0 Å². The third-order valence-corrected chi connectivity index (χ3v) is 3.09. The van der Waals surface area contributed by atoms with Crippen molar-refractivity contribution in [2.75, 3.05) is 0 Å². The molecule has 0 radical (unpaired) electrons. The Morgan fingerprint density at radius 3 is 2.95 bits per heavy atom. The number of benzene rings is 1. The van der Waals surface area contributed by atoms with E-state index in [1.807, 2.05) is 4.57 Å². The Morgan fingerprint density at radius 2 is 2.26 bits per heavy atom. The van der Waals surface area contributed by atoms with Crippen LogP contribution in [0, 0.1) is 0 Å². The molecule has 0 spiro atoms. The van der Waals surface area contributed by atoms with Gasteiger partial charge in [-0.25, -0.2) is 4.98 Å². The van der Waals surface area contributed by atoms with E-state index in [1.54, 1.807) is 30.7 Å². The molecule has 1 heterocycles. The quantitative estimate of drug-likeness (QED) is 0.786. The maximum absolute atomic E-state index is 11.0. The average molecular weight is 279 g/mol. The van der Waals surface area contributed by atoms with Gasteiger partial charge in [-0.1, -0.05) is 17.7 Å². The van der Waals surface area contributed by atoms with Crippen molar-refractivity contribution in [2.45, 2.75) is 26.5 Å². The average Bonchev–Trinajstić information content (AvgIpc) is 2.85. The number of hydrogen-bond donors (Lipinski definition) is 0. The van der Waals surface area contributed by atoms with E-state index in [4.69, 9.17) is 16.3 Å². The normalized spacial score (nSPS) is 10.7. The van der Waals surface area contributed by atoms with Gasteiger partial charge in [0.2, 0.25) is 0 Å². The number of carbonyl (C=O) groups excluding carboxylic acids is 1. The van der Waals surface area contributed by atoms with Crippen molar-refractivity contribution in [3.05, 3.63) is 47.0 Å². The number of para-hydroxylation sites is 1. The van der Waals surface area contributed by atoms with E-state index in [-0.39, 0.29) is 0 Å². The Labute approximate surface area is 117 Å². The van der Waals surface area contributed by atoms with Crippen LogP contribution in [-0.4, -0.2) is 15.8 Å². The fourth-order valence-electron chi connectivity index (χ4n) is 1.83. The molecule has 0 amide bonds. The Kier molecular flexibility index (Phi) is 4.22. The molecule has 19 heavy (non-hydrogen) atoms. The molecule has 0 saturated heterocycles. The number of carbonyl (C=O) groups is 1. The van der Waals surface area contributed by atoms with Gasteiger partial charge in [0.25, 0.3) is 0 Å². The van der Waals surface area contributed by atoms with Crippen LogP contribution >= 0.6 is 11.6 Å². The van der Waals surface area contributed by atoms with Gasteiger partial charge in [0, 0.05) is 6.04 Å². The molecule has 1 aromatic carbocycles. The second kappa shape index (κ2) is 5.89. The van der Waals surface area contributed by atoms with Crippen molar-refractivity contribution in [1.82, 2.24) is 9.55 Å². The summed E-state index contributed by atoms with van der Waals surface area (Å²) >= 11 is 6.04. The van der Waals surface area contributed by atoms with E-state index in [2.05, 4.69) is 18.8 Å². The molecular formula is C14H15ClN2O2. The minimum absolute atomic E-state index is 0.304. The van der Waals surface area contributed by atoms with Crippen LogP contribution in [0.25, 0.3) is 0 Å². The molecule has 0 unspecified atom stereocenters. The summed E-state index contributed by atoms with van der Waals surface area (Å²) in [6, 6.07) is 5.40. The van der Waals surface area contributed by atoms with Gasteiger partial charge in [-0.15, -0.1) is 0 Å². The van der Waals surface area contributed by atoms with E-state index in [0.717, 1.165) is 12.0 Å². The Hall–Kier alpha value is -1.81. The van der Waals surface area contributed by atoms with Crippen molar-refractivity contribution in [3.8, 4) is 5.75 Å². The van der Waals surface area contributed by atoms with E-state index >= 15 is 0 Å². The van der Waals surface area contributed by atoms with E-state index in [9.17, 15) is 4.79 Å². The Bertz CT molecular complexity index is 579. The molecule has 2 aromatic rings. The largest absolute Gasteiger partial charge is 0.485 e. The lowest BCUT2D eigenvalue weighted by molar-refractivity contribution is 0.111. The zero-order chi connectivity index (χ0) is 13.8. The summed E-state index contributed by atoms with van der Waals surface area (Å²) in [5.74, 6) is 0.413. The van der Waals surface area contributed by atoms with Crippen molar-refractivity contribution < 1.29 is 9.53 Å². The first-order valence-corrected chi connectivity index (χ1v) is 6.38. The highest BCUT2D eigenvalue weighted by Crippen LogP contribution is 2.28. The van der Waals surface area contributed by atoms with Crippen LogP contribution in [0.1, 0.15) is 35.9 Å². The summed E-state index contributed by atoms with van der Waals surface area (Å²) in [4.78, 5) is 15.1. The molecule has 4 nitrogen and oxygen atoms in total. The highest BCUT2D eigenvalue weighted by atomic mass is 35.5. The van der Waals surface area contributed by atoms with Gasteiger partial charge in [0.05, 0.1) is 28.8 Å². The maximum atomic E-state index is 11.0. The highest BCUT2D eigenvalue weighted by Gasteiger charge is 2.10. The first-order chi connectivity index (χ1) is 9.13. The monoisotopic (exact) mass is 278 g/mol. The Balaban J connectivity index is 2.19. The van der Waals surface area contributed by atoms with Crippen LogP contribution < -0.4 is 4.74 Å². The molecule has 0 bridgehead atoms. The van der Waals surface area contributed by atoms with Gasteiger partial charge in [-0.05, 0) is 26.0 Å². The van der Waals surface area contributed by atoms with Crippen molar-refractivity contribution >= 4 is 17.9 Å². The van der Waals surface area contributed by atoms with Crippen molar-refractivity contribution in [1.29, 1.82) is 0 Å². The van der Waals surface area contributed by atoms with Gasteiger partial charge >= 0.3 is 0 Å². The first-order valence-electron chi connectivity index (χ1n) is 6.00. The predicted molar refractivity (Wildman–Crippen MR) is 73.8 cm³/mol. The first kappa shape index (κ1) is 13.6. The lowest BCUT2D eigenvalue weighted by Crippen LogP contribution is -2.08. The fraction of sp³-hybridized carbons (Fsp3) is 0.286. The summed E-state index contributed by atoms with van der Waals surface area (Å²) in [5, 5.41) is 0.431. The summed E-state index contributed by atoms with van der Waals surface area (Å²) in [7, 11) is 0. The van der Waals surface area contributed by atoms with E-state index in [1.165, 1.54) is 0 Å². The number of aldehydes is 1. The Morgan fingerprint density at radius 1 is 1.47 bits per heavy atom. The maximum Gasteiger partial charge on any atom is 0.153 e. The topological polar surface area (TPSA) is 44.1 Å². The minimum atomic E-state index is 0.304. The third-order valence-electron chi connectivity index (χ3n) is 2.79. The second-order valence-corrected chi connectivity index (χ2v) is 4.86. The molecule has 0 N–H and O–H groups in total. The van der Waals surface area contributed by atoms with Gasteiger partial charge in [-0.2, -0.15) is 0 Å². The molecule has 0 atom stereocenters. The summed E-state index contributed by atoms with van der Waals surface area (Å²) in [6.07, 6.45) is 4.25.